The normalized spacial score (nSPS) is 21.5. The quantitative estimate of drug-likeness (QED) is 0.804. The summed E-state index contributed by atoms with van der Waals surface area (Å²) in [5.41, 5.74) is 6.16. The number of likely N-dealkylation sites (tertiary alicyclic amines) is 1. The van der Waals surface area contributed by atoms with E-state index >= 15 is 0 Å². The standard InChI is InChI=1S/C15H21N3O4S/c1-22-13-5-2-10(15(19)18-7-6-11(16)9-18)8-14(13)23(20,21)17-12-3-4-12/h2,5,8,11-12,17H,3-4,6-7,9,16H2,1H3/t11-/m1/s1. The third-order valence-corrected chi connectivity index (χ3v) is 5.65. The van der Waals surface area contributed by atoms with Gasteiger partial charge in [-0.3, -0.25) is 4.79 Å². The van der Waals surface area contributed by atoms with Gasteiger partial charge in [-0.15, -0.1) is 0 Å². The topological polar surface area (TPSA) is 102 Å². The molecular formula is C15H21N3O4S. The third kappa shape index (κ3) is 3.49. The van der Waals surface area contributed by atoms with Crippen LogP contribution in [0.2, 0.25) is 0 Å². The minimum atomic E-state index is -3.70. The van der Waals surface area contributed by atoms with Gasteiger partial charge in [0.25, 0.3) is 5.91 Å². The molecule has 0 radical (unpaired) electrons. The Morgan fingerprint density at radius 1 is 1.35 bits per heavy atom. The highest BCUT2D eigenvalue weighted by Crippen LogP contribution is 2.29. The van der Waals surface area contributed by atoms with Gasteiger partial charge in [-0.1, -0.05) is 0 Å². The summed E-state index contributed by atoms with van der Waals surface area (Å²) < 4.78 is 32.7. The van der Waals surface area contributed by atoms with Gasteiger partial charge >= 0.3 is 0 Å². The Morgan fingerprint density at radius 2 is 2.09 bits per heavy atom. The van der Waals surface area contributed by atoms with E-state index in [0.717, 1.165) is 19.3 Å². The molecule has 1 aromatic rings. The van der Waals surface area contributed by atoms with Crippen molar-refractivity contribution in [1.29, 1.82) is 0 Å². The zero-order valence-corrected chi connectivity index (χ0v) is 13.8. The van der Waals surface area contributed by atoms with Crippen LogP contribution in [-0.2, 0) is 10.0 Å². The summed E-state index contributed by atoms with van der Waals surface area (Å²) in [6.07, 6.45) is 2.44. The van der Waals surface area contributed by atoms with Gasteiger partial charge in [-0.25, -0.2) is 13.1 Å². The first-order valence-corrected chi connectivity index (χ1v) is 9.14. The van der Waals surface area contributed by atoms with E-state index in [-0.39, 0.29) is 28.6 Å². The van der Waals surface area contributed by atoms with E-state index in [1.54, 1.807) is 11.0 Å². The summed E-state index contributed by atoms with van der Waals surface area (Å²) in [5.74, 6) is 0.0244. The number of amides is 1. The molecule has 7 nitrogen and oxygen atoms in total. The Morgan fingerprint density at radius 3 is 2.65 bits per heavy atom. The summed E-state index contributed by atoms with van der Waals surface area (Å²) in [6, 6.07) is 4.46. The van der Waals surface area contributed by atoms with Crippen LogP contribution in [0.4, 0.5) is 0 Å². The van der Waals surface area contributed by atoms with Crippen molar-refractivity contribution in [1.82, 2.24) is 9.62 Å². The molecular weight excluding hydrogens is 318 g/mol. The van der Waals surface area contributed by atoms with E-state index in [2.05, 4.69) is 4.72 Å². The number of benzene rings is 1. The maximum Gasteiger partial charge on any atom is 0.253 e. The van der Waals surface area contributed by atoms with E-state index in [0.29, 0.717) is 18.7 Å². The zero-order chi connectivity index (χ0) is 16.6. The van der Waals surface area contributed by atoms with Gasteiger partial charge in [0.15, 0.2) is 0 Å². The SMILES string of the molecule is COc1ccc(C(=O)N2CC[C@@H](N)C2)cc1S(=O)(=O)NC1CC1. The minimum absolute atomic E-state index is 0.00115. The van der Waals surface area contributed by atoms with Crippen LogP contribution in [0.25, 0.3) is 0 Å². The van der Waals surface area contributed by atoms with Crippen molar-refractivity contribution in [3.63, 3.8) is 0 Å². The van der Waals surface area contributed by atoms with Gasteiger partial charge in [0, 0.05) is 30.7 Å². The Balaban J connectivity index is 1.91. The predicted molar refractivity (Wildman–Crippen MR) is 84.8 cm³/mol. The Bertz CT molecular complexity index is 715. The van der Waals surface area contributed by atoms with Crippen LogP contribution >= 0.6 is 0 Å². The summed E-state index contributed by atoms with van der Waals surface area (Å²) >= 11 is 0. The molecule has 8 heteroatoms. The van der Waals surface area contributed by atoms with Crippen LogP contribution < -0.4 is 15.2 Å². The van der Waals surface area contributed by atoms with Crippen LogP contribution in [0.15, 0.2) is 23.1 Å². The molecule has 1 aromatic carbocycles. The van der Waals surface area contributed by atoms with Crippen molar-refractivity contribution in [3.8, 4) is 5.75 Å². The fraction of sp³-hybridized carbons (Fsp3) is 0.533. The molecule has 3 N–H and O–H groups in total. The van der Waals surface area contributed by atoms with Crippen molar-refractivity contribution < 1.29 is 17.9 Å². The lowest BCUT2D eigenvalue weighted by Gasteiger charge is -2.17. The van der Waals surface area contributed by atoms with Crippen LogP contribution in [0.5, 0.6) is 5.75 Å². The first kappa shape index (κ1) is 16.2. The van der Waals surface area contributed by atoms with E-state index in [9.17, 15) is 13.2 Å². The van der Waals surface area contributed by atoms with E-state index < -0.39 is 10.0 Å². The fourth-order valence-corrected chi connectivity index (χ4v) is 4.16. The monoisotopic (exact) mass is 339 g/mol. The average molecular weight is 339 g/mol. The van der Waals surface area contributed by atoms with Crippen molar-refractivity contribution in [3.05, 3.63) is 23.8 Å². The third-order valence-electron chi connectivity index (χ3n) is 4.11. The molecule has 126 valence electrons. The lowest BCUT2D eigenvalue weighted by molar-refractivity contribution is 0.0790. The van der Waals surface area contributed by atoms with E-state index in [1.165, 1.54) is 19.2 Å². The summed E-state index contributed by atoms with van der Waals surface area (Å²) in [6.45, 7) is 1.09. The Kier molecular flexibility index (Phi) is 4.31. The van der Waals surface area contributed by atoms with E-state index in [1.807, 2.05) is 0 Å². The molecule has 1 amide bonds. The maximum atomic E-state index is 12.5. The molecule has 1 atom stereocenters. The molecule has 2 fully saturated rings. The number of nitrogens with two attached hydrogens (primary N) is 1. The fourth-order valence-electron chi connectivity index (χ4n) is 2.66. The highest BCUT2D eigenvalue weighted by molar-refractivity contribution is 7.89. The van der Waals surface area contributed by atoms with Gasteiger partial charge in [0.05, 0.1) is 7.11 Å². The van der Waals surface area contributed by atoms with Crippen molar-refractivity contribution >= 4 is 15.9 Å². The van der Waals surface area contributed by atoms with Gasteiger partial charge in [0.1, 0.15) is 10.6 Å². The second kappa shape index (κ2) is 6.10. The van der Waals surface area contributed by atoms with Gasteiger partial charge < -0.3 is 15.4 Å². The van der Waals surface area contributed by atoms with Crippen molar-refractivity contribution in [2.24, 2.45) is 5.73 Å². The molecule has 0 spiro atoms. The van der Waals surface area contributed by atoms with Gasteiger partial charge in [0.2, 0.25) is 10.0 Å². The second-order valence-electron chi connectivity index (χ2n) is 6.06. The van der Waals surface area contributed by atoms with Gasteiger partial charge in [-0.05, 0) is 37.5 Å². The summed E-state index contributed by atoms with van der Waals surface area (Å²) in [7, 11) is -2.29. The molecule has 1 aliphatic heterocycles. The van der Waals surface area contributed by atoms with Crippen LogP contribution in [0.3, 0.4) is 0 Å². The lowest BCUT2D eigenvalue weighted by atomic mass is 10.2. The number of nitrogens with zero attached hydrogens (tertiary/aromatic N) is 1. The Labute approximate surface area is 135 Å². The molecule has 1 heterocycles. The molecule has 0 bridgehead atoms. The van der Waals surface area contributed by atoms with E-state index in [4.69, 9.17) is 10.5 Å². The number of hydrogen-bond donors (Lipinski definition) is 2. The smallest absolute Gasteiger partial charge is 0.253 e. The number of hydrogen-bond acceptors (Lipinski definition) is 5. The molecule has 2 aliphatic rings. The lowest BCUT2D eigenvalue weighted by Crippen LogP contribution is -2.32. The largest absolute Gasteiger partial charge is 0.495 e. The molecule has 3 rings (SSSR count). The molecule has 23 heavy (non-hydrogen) atoms. The van der Waals surface area contributed by atoms with Crippen molar-refractivity contribution in [2.45, 2.75) is 36.2 Å². The molecule has 1 aliphatic carbocycles. The number of rotatable bonds is 5. The zero-order valence-electron chi connectivity index (χ0n) is 13.0. The first-order chi connectivity index (χ1) is 10.9. The highest BCUT2D eigenvalue weighted by atomic mass is 32.2. The number of carbonyl (C=O) groups excluding carboxylic acids is 1. The number of sulfonamides is 1. The number of carbonyl (C=O) groups is 1. The first-order valence-electron chi connectivity index (χ1n) is 7.66. The maximum absolute atomic E-state index is 12.5. The predicted octanol–water partition coefficient (Wildman–Crippen LogP) is 0.309. The number of methoxy groups -OCH3 is 1. The Hall–Kier alpha value is -1.64. The number of ether oxygens (including phenoxy) is 1. The summed E-state index contributed by atoms with van der Waals surface area (Å²) in [5, 5.41) is 0. The molecule has 1 saturated heterocycles. The van der Waals surface area contributed by atoms with Crippen molar-refractivity contribution in [2.75, 3.05) is 20.2 Å². The minimum Gasteiger partial charge on any atom is -0.495 e. The average Bonchev–Trinajstić information content (AvgIpc) is 3.22. The highest BCUT2D eigenvalue weighted by Gasteiger charge is 2.31. The number of nitrogens with one attached hydrogen (secondary N) is 1. The summed E-state index contributed by atoms with van der Waals surface area (Å²) in [4.78, 5) is 14.2. The van der Waals surface area contributed by atoms with Crippen LogP contribution in [-0.4, -0.2) is 51.5 Å². The molecule has 1 saturated carbocycles. The molecule has 0 unspecified atom stereocenters. The molecule has 0 aromatic heterocycles. The van der Waals surface area contributed by atoms with Gasteiger partial charge in [-0.2, -0.15) is 0 Å². The van der Waals surface area contributed by atoms with Crippen LogP contribution in [0, 0.1) is 0 Å². The van der Waals surface area contributed by atoms with Crippen LogP contribution in [0.1, 0.15) is 29.6 Å². The second-order valence-corrected chi connectivity index (χ2v) is 7.74.